The molecule has 6 heteroatoms. The summed E-state index contributed by atoms with van der Waals surface area (Å²) in [6.07, 6.45) is 3.05. The maximum Gasteiger partial charge on any atom is 0.163 e. The first kappa shape index (κ1) is 12.3. The van der Waals surface area contributed by atoms with Gasteiger partial charge in [-0.3, -0.25) is 9.58 Å². The van der Waals surface area contributed by atoms with Crippen molar-refractivity contribution in [1.29, 1.82) is 0 Å². The summed E-state index contributed by atoms with van der Waals surface area (Å²) in [4.78, 5) is 11.2. The second-order valence-electron chi connectivity index (χ2n) is 5.70. The Hall–Kier alpha value is -1.69. The zero-order valence-electron chi connectivity index (χ0n) is 11.7. The number of anilines is 1. The molecule has 6 nitrogen and oxygen atoms in total. The van der Waals surface area contributed by atoms with E-state index in [4.69, 9.17) is 5.73 Å². The molecule has 0 aromatic carbocycles. The first-order valence-electron chi connectivity index (χ1n) is 6.67. The number of aromatic nitrogens is 4. The van der Waals surface area contributed by atoms with Crippen molar-refractivity contribution in [2.24, 2.45) is 18.9 Å². The molecule has 0 aliphatic heterocycles. The third kappa shape index (κ3) is 2.40. The van der Waals surface area contributed by atoms with Crippen molar-refractivity contribution < 1.29 is 0 Å². The number of fused-ring (bicyclic) bond motifs is 1. The average Bonchev–Trinajstić information content (AvgIpc) is 2.87. The highest BCUT2D eigenvalue weighted by atomic mass is 15.3. The number of aryl methyl sites for hydroxylation is 1. The summed E-state index contributed by atoms with van der Waals surface area (Å²) in [5, 5.41) is 4.99. The Balaban J connectivity index is 1.78. The van der Waals surface area contributed by atoms with Crippen LogP contribution in [0.2, 0.25) is 0 Å². The first-order chi connectivity index (χ1) is 9.04. The van der Waals surface area contributed by atoms with Gasteiger partial charge in [0.25, 0.3) is 0 Å². The van der Waals surface area contributed by atoms with Gasteiger partial charge in [-0.05, 0) is 25.3 Å². The van der Waals surface area contributed by atoms with E-state index in [1.165, 1.54) is 6.42 Å². The van der Waals surface area contributed by atoms with E-state index < -0.39 is 0 Å². The van der Waals surface area contributed by atoms with Gasteiger partial charge in [0.1, 0.15) is 11.6 Å². The molecule has 2 aromatic rings. The zero-order chi connectivity index (χ0) is 13.6. The molecule has 3 rings (SSSR count). The van der Waals surface area contributed by atoms with E-state index in [0.717, 1.165) is 41.8 Å². The zero-order valence-corrected chi connectivity index (χ0v) is 11.7. The largest absolute Gasteiger partial charge is 0.383 e. The highest BCUT2D eigenvalue weighted by Crippen LogP contribution is 2.38. The van der Waals surface area contributed by atoms with Gasteiger partial charge >= 0.3 is 0 Å². The van der Waals surface area contributed by atoms with Crippen molar-refractivity contribution in [3.63, 3.8) is 0 Å². The van der Waals surface area contributed by atoms with Gasteiger partial charge in [-0.2, -0.15) is 5.10 Å². The smallest absolute Gasteiger partial charge is 0.163 e. The monoisotopic (exact) mass is 260 g/mol. The van der Waals surface area contributed by atoms with Crippen LogP contribution in [0.4, 0.5) is 5.82 Å². The summed E-state index contributed by atoms with van der Waals surface area (Å²) in [6, 6.07) is 0. The molecule has 1 aliphatic carbocycles. The molecule has 19 heavy (non-hydrogen) atoms. The standard InChI is InChI=1S/C13H20N6/c1-8-4-9(8)6-18(2)7-11-16-12(14)10-5-15-19(3)13(10)17-11/h5,8-9H,4,6-7H2,1-3H3,(H2,14,16,17). The maximum absolute atomic E-state index is 5.96. The van der Waals surface area contributed by atoms with Crippen molar-refractivity contribution in [2.75, 3.05) is 19.3 Å². The molecule has 0 radical (unpaired) electrons. The van der Waals surface area contributed by atoms with Crippen molar-refractivity contribution >= 4 is 16.9 Å². The lowest BCUT2D eigenvalue weighted by Gasteiger charge is -2.15. The molecule has 0 bridgehead atoms. The number of nitrogens with two attached hydrogens (primary N) is 1. The van der Waals surface area contributed by atoms with Crippen LogP contribution in [-0.2, 0) is 13.6 Å². The highest BCUT2D eigenvalue weighted by Gasteiger charge is 2.33. The number of nitrogens with zero attached hydrogens (tertiary/aromatic N) is 5. The van der Waals surface area contributed by atoms with Gasteiger partial charge in [0.05, 0.1) is 18.1 Å². The van der Waals surface area contributed by atoms with Gasteiger partial charge in [-0.25, -0.2) is 9.97 Å². The molecule has 2 unspecified atom stereocenters. The summed E-state index contributed by atoms with van der Waals surface area (Å²) in [5.41, 5.74) is 6.76. The molecule has 102 valence electrons. The van der Waals surface area contributed by atoms with Gasteiger partial charge in [0, 0.05) is 13.6 Å². The first-order valence-corrected chi connectivity index (χ1v) is 6.67. The van der Waals surface area contributed by atoms with Crippen LogP contribution in [0.15, 0.2) is 6.20 Å². The highest BCUT2D eigenvalue weighted by molar-refractivity contribution is 5.84. The van der Waals surface area contributed by atoms with E-state index in [9.17, 15) is 0 Å². The Kier molecular flexibility index (Phi) is 2.89. The summed E-state index contributed by atoms with van der Waals surface area (Å²) < 4.78 is 1.74. The average molecular weight is 260 g/mol. The van der Waals surface area contributed by atoms with Crippen molar-refractivity contribution in [3.8, 4) is 0 Å². The van der Waals surface area contributed by atoms with Crippen LogP contribution < -0.4 is 5.73 Å². The molecule has 2 N–H and O–H groups in total. The fourth-order valence-electron chi connectivity index (χ4n) is 2.52. The Morgan fingerprint density at radius 2 is 2.21 bits per heavy atom. The summed E-state index contributed by atoms with van der Waals surface area (Å²) in [5.74, 6) is 2.99. The normalized spacial score (nSPS) is 22.3. The van der Waals surface area contributed by atoms with Crippen LogP contribution in [0.1, 0.15) is 19.2 Å². The lowest BCUT2D eigenvalue weighted by molar-refractivity contribution is 0.300. The third-order valence-corrected chi connectivity index (χ3v) is 3.90. The molecule has 0 amide bonds. The SMILES string of the molecule is CC1CC1CN(C)Cc1nc(N)c2cnn(C)c2n1. The van der Waals surface area contributed by atoms with Crippen LogP contribution in [0.5, 0.6) is 0 Å². The third-order valence-electron chi connectivity index (χ3n) is 3.90. The predicted molar refractivity (Wildman–Crippen MR) is 74.3 cm³/mol. The van der Waals surface area contributed by atoms with E-state index in [0.29, 0.717) is 5.82 Å². The Labute approximate surface area is 112 Å². The molecule has 2 atom stereocenters. The molecule has 1 saturated carbocycles. The van der Waals surface area contributed by atoms with Gasteiger partial charge in [-0.15, -0.1) is 0 Å². The number of hydrogen-bond donors (Lipinski definition) is 1. The van der Waals surface area contributed by atoms with Crippen LogP contribution >= 0.6 is 0 Å². The maximum atomic E-state index is 5.96. The van der Waals surface area contributed by atoms with Gasteiger partial charge in [0.2, 0.25) is 0 Å². The number of hydrogen-bond acceptors (Lipinski definition) is 5. The second kappa shape index (κ2) is 4.45. The molecule has 2 aromatic heterocycles. The van der Waals surface area contributed by atoms with Crippen LogP contribution in [0.3, 0.4) is 0 Å². The molecule has 0 spiro atoms. The predicted octanol–water partition coefficient (Wildman–Crippen LogP) is 1.03. The molecule has 1 aliphatic rings. The van der Waals surface area contributed by atoms with Gasteiger partial charge < -0.3 is 5.73 Å². The Morgan fingerprint density at radius 3 is 2.89 bits per heavy atom. The van der Waals surface area contributed by atoms with Gasteiger partial charge in [0.15, 0.2) is 5.65 Å². The van der Waals surface area contributed by atoms with E-state index in [2.05, 4.69) is 33.9 Å². The molecule has 0 saturated heterocycles. The fourth-order valence-corrected chi connectivity index (χ4v) is 2.52. The lowest BCUT2D eigenvalue weighted by atomic mass is 10.3. The molecule has 1 fully saturated rings. The van der Waals surface area contributed by atoms with E-state index in [1.54, 1.807) is 10.9 Å². The fraction of sp³-hybridized carbons (Fsp3) is 0.615. The minimum absolute atomic E-state index is 0.515. The second-order valence-corrected chi connectivity index (χ2v) is 5.70. The minimum atomic E-state index is 0.515. The molecular formula is C13H20N6. The van der Waals surface area contributed by atoms with Crippen molar-refractivity contribution in [2.45, 2.75) is 19.9 Å². The lowest BCUT2D eigenvalue weighted by Crippen LogP contribution is -2.22. The van der Waals surface area contributed by atoms with Crippen molar-refractivity contribution in [1.82, 2.24) is 24.6 Å². The van der Waals surface area contributed by atoms with Crippen molar-refractivity contribution in [3.05, 3.63) is 12.0 Å². The number of nitrogen functional groups attached to an aromatic ring is 1. The Bertz CT molecular complexity index is 604. The topological polar surface area (TPSA) is 72.9 Å². The number of rotatable bonds is 4. The molecular weight excluding hydrogens is 240 g/mol. The van der Waals surface area contributed by atoms with Crippen LogP contribution in [0, 0.1) is 11.8 Å². The summed E-state index contributed by atoms with van der Waals surface area (Å²) in [6.45, 7) is 4.14. The van der Waals surface area contributed by atoms with E-state index in [-0.39, 0.29) is 0 Å². The van der Waals surface area contributed by atoms with Gasteiger partial charge in [-0.1, -0.05) is 6.92 Å². The summed E-state index contributed by atoms with van der Waals surface area (Å²) >= 11 is 0. The van der Waals surface area contributed by atoms with Crippen LogP contribution in [-0.4, -0.2) is 38.2 Å². The van der Waals surface area contributed by atoms with E-state index >= 15 is 0 Å². The Morgan fingerprint density at radius 1 is 1.47 bits per heavy atom. The van der Waals surface area contributed by atoms with E-state index in [1.807, 2.05) is 7.05 Å². The quantitative estimate of drug-likeness (QED) is 0.889. The van der Waals surface area contributed by atoms with Crippen LogP contribution in [0.25, 0.3) is 11.0 Å². The summed E-state index contributed by atoms with van der Waals surface area (Å²) in [7, 11) is 3.98. The minimum Gasteiger partial charge on any atom is -0.383 e. The molecule has 2 heterocycles.